The highest BCUT2D eigenvalue weighted by Gasteiger charge is 2.26. The van der Waals surface area contributed by atoms with E-state index in [1.165, 1.54) is 0 Å². The van der Waals surface area contributed by atoms with Crippen molar-refractivity contribution in [2.45, 2.75) is 72.8 Å². The Morgan fingerprint density at radius 1 is 1.24 bits per heavy atom. The maximum atomic E-state index is 12.2. The monoisotopic (exact) mass is 412 g/mol. The van der Waals surface area contributed by atoms with E-state index in [4.69, 9.17) is 9.73 Å². The molecule has 1 heterocycles. The van der Waals surface area contributed by atoms with Crippen molar-refractivity contribution in [1.29, 1.82) is 0 Å². The largest absolute Gasteiger partial charge is 0.444 e. The highest BCUT2D eigenvalue weighted by molar-refractivity contribution is 5.79. The Bertz CT molecular complexity index is 495. The second kappa shape index (κ2) is 12.9. The zero-order valence-corrected chi connectivity index (χ0v) is 19.5. The van der Waals surface area contributed by atoms with Crippen molar-refractivity contribution < 1.29 is 14.6 Å². The Morgan fingerprint density at radius 2 is 1.90 bits per heavy atom. The van der Waals surface area contributed by atoms with E-state index in [9.17, 15) is 9.90 Å². The third kappa shape index (κ3) is 11.3. The van der Waals surface area contributed by atoms with Crippen molar-refractivity contribution in [2.75, 3.05) is 39.3 Å². The smallest absolute Gasteiger partial charge is 0.410 e. The summed E-state index contributed by atoms with van der Waals surface area (Å²) in [4.78, 5) is 18.8. The third-order valence-corrected chi connectivity index (χ3v) is 5.02. The molecule has 0 spiro atoms. The van der Waals surface area contributed by atoms with Crippen LogP contribution < -0.4 is 10.6 Å². The molecule has 1 amide bonds. The van der Waals surface area contributed by atoms with Crippen molar-refractivity contribution in [3.05, 3.63) is 0 Å². The van der Waals surface area contributed by atoms with E-state index in [-0.39, 0.29) is 12.7 Å². The van der Waals surface area contributed by atoms with E-state index in [1.54, 1.807) is 0 Å². The fourth-order valence-electron chi connectivity index (χ4n) is 3.58. The predicted molar refractivity (Wildman–Crippen MR) is 119 cm³/mol. The van der Waals surface area contributed by atoms with Crippen molar-refractivity contribution in [1.82, 2.24) is 15.5 Å². The Hall–Kier alpha value is -1.50. The lowest BCUT2D eigenvalue weighted by molar-refractivity contribution is 0.0185. The zero-order chi connectivity index (χ0) is 21.9. The number of carbonyl (C=O) groups excluding carboxylic acids is 1. The molecule has 0 aromatic rings. The number of guanidine groups is 1. The van der Waals surface area contributed by atoms with Gasteiger partial charge in [-0.3, -0.25) is 4.99 Å². The SMILES string of the molecule is CCNC(=NCC(CCO)CC(C)C)NCC1CCN(C(=O)OC(C)(C)C)CC1. The van der Waals surface area contributed by atoms with E-state index < -0.39 is 5.60 Å². The lowest BCUT2D eigenvalue weighted by Crippen LogP contribution is -2.45. The van der Waals surface area contributed by atoms with Crippen molar-refractivity contribution in [2.24, 2.45) is 22.7 Å². The summed E-state index contributed by atoms with van der Waals surface area (Å²) in [6, 6.07) is 0. The Morgan fingerprint density at radius 3 is 2.41 bits per heavy atom. The summed E-state index contributed by atoms with van der Waals surface area (Å²) in [7, 11) is 0. The number of rotatable bonds is 9. The number of aliphatic hydroxyl groups excluding tert-OH is 1. The normalized spacial score (nSPS) is 17.4. The van der Waals surface area contributed by atoms with Gasteiger partial charge in [0.15, 0.2) is 5.96 Å². The van der Waals surface area contributed by atoms with E-state index in [2.05, 4.69) is 31.4 Å². The quantitative estimate of drug-likeness (QED) is 0.400. The van der Waals surface area contributed by atoms with Crippen LogP contribution in [0, 0.1) is 17.8 Å². The standard InChI is InChI=1S/C22H44N4O3/c1-7-23-20(25-16-19(10-13-27)14-17(2)3)24-15-18-8-11-26(12-9-18)21(28)29-22(4,5)6/h17-19,27H,7-16H2,1-6H3,(H2,23,24,25). The second-order valence-electron chi connectivity index (χ2n) is 9.52. The molecule has 1 atom stereocenters. The minimum absolute atomic E-state index is 0.209. The molecule has 29 heavy (non-hydrogen) atoms. The fraction of sp³-hybridized carbons (Fsp3) is 0.909. The van der Waals surface area contributed by atoms with Crippen LogP contribution in [0.25, 0.3) is 0 Å². The number of carbonyl (C=O) groups is 1. The summed E-state index contributed by atoms with van der Waals surface area (Å²) >= 11 is 0. The molecule has 7 heteroatoms. The molecule has 1 fully saturated rings. The summed E-state index contributed by atoms with van der Waals surface area (Å²) < 4.78 is 5.47. The summed E-state index contributed by atoms with van der Waals surface area (Å²) in [5, 5.41) is 16.1. The molecule has 7 nitrogen and oxygen atoms in total. The first-order chi connectivity index (χ1) is 13.6. The lowest BCUT2D eigenvalue weighted by atomic mass is 9.94. The highest BCUT2D eigenvalue weighted by Crippen LogP contribution is 2.19. The number of ether oxygens (including phenoxy) is 1. The van der Waals surface area contributed by atoms with Gasteiger partial charge in [0, 0.05) is 39.3 Å². The van der Waals surface area contributed by atoms with Gasteiger partial charge in [0.2, 0.25) is 0 Å². The van der Waals surface area contributed by atoms with Crippen LogP contribution in [-0.4, -0.2) is 67.0 Å². The number of likely N-dealkylation sites (tertiary alicyclic amines) is 1. The Balaban J connectivity index is 2.47. The van der Waals surface area contributed by atoms with Gasteiger partial charge in [-0.1, -0.05) is 13.8 Å². The van der Waals surface area contributed by atoms with Gasteiger partial charge < -0.3 is 25.4 Å². The minimum atomic E-state index is -0.448. The van der Waals surface area contributed by atoms with Crippen LogP contribution in [0.4, 0.5) is 4.79 Å². The van der Waals surface area contributed by atoms with Gasteiger partial charge in [-0.2, -0.15) is 0 Å². The molecule has 3 N–H and O–H groups in total. The Labute approximate surface area is 177 Å². The number of aliphatic imine (C=N–C) groups is 1. The number of nitrogens with one attached hydrogen (secondary N) is 2. The average Bonchev–Trinajstić information content (AvgIpc) is 2.62. The molecule has 1 saturated heterocycles. The first kappa shape index (κ1) is 25.5. The van der Waals surface area contributed by atoms with Crippen molar-refractivity contribution >= 4 is 12.1 Å². The molecule has 170 valence electrons. The number of hydrogen-bond acceptors (Lipinski definition) is 4. The van der Waals surface area contributed by atoms with Gasteiger partial charge in [-0.25, -0.2) is 4.79 Å². The van der Waals surface area contributed by atoms with Gasteiger partial charge in [-0.15, -0.1) is 0 Å². The van der Waals surface area contributed by atoms with E-state index in [0.29, 0.717) is 17.8 Å². The number of piperidine rings is 1. The van der Waals surface area contributed by atoms with Crippen LogP contribution in [0.5, 0.6) is 0 Å². The van der Waals surface area contributed by atoms with Crippen LogP contribution in [0.3, 0.4) is 0 Å². The molecule has 1 aliphatic heterocycles. The summed E-state index contributed by atoms with van der Waals surface area (Å²) in [6.45, 7) is 16.3. The molecule has 0 aliphatic carbocycles. The summed E-state index contributed by atoms with van der Waals surface area (Å²) in [6.07, 6.45) is 3.59. The van der Waals surface area contributed by atoms with Crippen molar-refractivity contribution in [3.63, 3.8) is 0 Å². The number of amides is 1. The second-order valence-corrected chi connectivity index (χ2v) is 9.52. The first-order valence-corrected chi connectivity index (χ1v) is 11.3. The first-order valence-electron chi connectivity index (χ1n) is 11.3. The van der Waals surface area contributed by atoms with E-state index >= 15 is 0 Å². The van der Waals surface area contributed by atoms with Crippen molar-refractivity contribution in [3.8, 4) is 0 Å². The Kier molecular flexibility index (Phi) is 11.4. The fourth-order valence-corrected chi connectivity index (χ4v) is 3.58. The van der Waals surface area contributed by atoms with Gasteiger partial charge in [0.05, 0.1) is 0 Å². The predicted octanol–water partition coefficient (Wildman–Crippen LogP) is 3.23. The zero-order valence-electron chi connectivity index (χ0n) is 19.5. The molecule has 0 bridgehead atoms. The highest BCUT2D eigenvalue weighted by atomic mass is 16.6. The summed E-state index contributed by atoms with van der Waals surface area (Å²) in [5.41, 5.74) is -0.448. The number of nitrogens with zero attached hydrogens (tertiary/aromatic N) is 2. The van der Waals surface area contributed by atoms with Gasteiger partial charge in [0.25, 0.3) is 0 Å². The van der Waals surface area contributed by atoms with E-state index in [0.717, 1.165) is 64.4 Å². The van der Waals surface area contributed by atoms with E-state index in [1.807, 2.05) is 25.7 Å². The number of hydrogen-bond donors (Lipinski definition) is 3. The molecular weight excluding hydrogens is 368 g/mol. The maximum Gasteiger partial charge on any atom is 0.410 e. The molecule has 0 saturated carbocycles. The molecule has 0 aromatic heterocycles. The molecule has 0 radical (unpaired) electrons. The molecule has 1 unspecified atom stereocenters. The molecular formula is C22H44N4O3. The minimum Gasteiger partial charge on any atom is -0.444 e. The van der Waals surface area contributed by atoms with Crippen LogP contribution in [0.15, 0.2) is 4.99 Å². The van der Waals surface area contributed by atoms with Crippen LogP contribution in [0.1, 0.15) is 67.2 Å². The third-order valence-electron chi connectivity index (χ3n) is 5.02. The lowest BCUT2D eigenvalue weighted by Gasteiger charge is -2.33. The topological polar surface area (TPSA) is 86.2 Å². The number of aliphatic hydroxyl groups is 1. The molecule has 0 aromatic carbocycles. The van der Waals surface area contributed by atoms with Gasteiger partial charge in [0.1, 0.15) is 5.60 Å². The van der Waals surface area contributed by atoms with Crippen LogP contribution in [-0.2, 0) is 4.74 Å². The molecule has 1 rings (SSSR count). The van der Waals surface area contributed by atoms with Gasteiger partial charge >= 0.3 is 6.09 Å². The van der Waals surface area contributed by atoms with Crippen LogP contribution in [0.2, 0.25) is 0 Å². The van der Waals surface area contributed by atoms with Gasteiger partial charge in [-0.05, 0) is 71.1 Å². The summed E-state index contributed by atoms with van der Waals surface area (Å²) in [5.74, 6) is 2.37. The van der Waals surface area contributed by atoms with Crippen LogP contribution >= 0.6 is 0 Å². The maximum absolute atomic E-state index is 12.2. The molecule has 1 aliphatic rings. The average molecular weight is 413 g/mol.